The molecule has 1 N–H and O–H groups in total. The molecule has 0 unspecified atom stereocenters. The van der Waals surface area contributed by atoms with Crippen LogP contribution in [0.3, 0.4) is 0 Å². The van der Waals surface area contributed by atoms with E-state index in [4.69, 9.17) is 5.10 Å². The van der Waals surface area contributed by atoms with Crippen LogP contribution in [0.1, 0.15) is 29.8 Å². The highest BCUT2D eigenvalue weighted by molar-refractivity contribution is 6.27. The number of ketones is 1. The van der Waals surface area contributed by atoms with E-state index < -0.39 is 0 Å². The smallest absolute Gasteiger partial charge is 0.196 e. The summed E-state index contributed by atoms with van der Waals surface area (Å²) in [6.45, 7) is 8.16. The molecule has 1 aliphatic carbocycles. The molecule has 5 heteroatoms. The second-order valence-corrected chi connectivity index (χ2v) is 6.68. The van der Waals surface area contributed by atoms with Crippen molar-refractivity contribution in [1.82, 2.24) is 14.7 Å². The maximum atomic E-state index is 13.2. The van der Waals surface area contributed by atoms with Crippen molar-refractivity contribution in [2.24, 2.45) is 7.05 Å². The van der Waals surface area contributed by atoms with Gasteiger partial charge in [0.25, 0.3) is 0 Å². The average Bonchev–Trinajstić information content (AvgIpc) is 3.01. The van der Waals surface area contributed by atoms with Crippen LogP contribution in [0.5, 0.6) is 0 Å². The average molecular weight is 348 g/mol. The van der Waals surface area contributed by atoms with Gasteiger partial charge in [0.05, 0.1) is 11.1 Å². The predicted octanol–water partition coefficient (Wildman–Crippen LogP) is 3.54. The molecule has 134 valence electrons. The minimum Gasteiger partial charge on any atom is -0.383 e. The number of aryl methyl sites for hydroxylation is 1. The monoisotopic (exact) mass is 348 g/mol. The molecule has 0 radical (unpaired) electrons. The first kappa shape index (κ1) is 16.8. The second kappa shape index (κ2) is 6.57. The zero-order chi connectivity index (χ0) is 18.3. The van der Waals surface area contributed by atoms with E-state index in [2.05, 4.69) is 30.1 Å². The molecule has 0 saturated heterocycles. The Morgan fingerprint density at radius 2 is 1.81 bits per heavy atom. The van der Waals surface area contributed by atoms with Crippen LogP contribution in [-0.2, 0) is 7.05 Å². The third kappa shape index (κ3) is 2.51. The summed E-state index contributed by atoms with van der Waals surface area (Å²) in [4.78, 5) is 15.6. The molecule has 0 spiro atoms. The lowest BCUT2D eigenvalue weighted by molar-refractivity contribution is 0.104. The van der Waals surface area contributed by atoms with Crippen molar-refractivity contribution in [1.29, 1.82) is 0 Å². The topological polar surface area (TPSA) is 50.2 Å². The van der Waals surface area contributed by atoms with Crippen LogP contribution in [-0.4, -0.2) is 46.6 Å². The number of carbonyl (C=O) groups excluding carboxylic acids is 1. The number of hydrogen-bond acceptors (Lipinski definition) is 4. The molecule has 2 aromatic carbocycles. The molecule has 1 aliphatic rings. The van der Waals surface area contributed by atoms with Crippen LogP contribution in [0.2, 0.25) is 0 Å². The quantitative estimate of drug-likeness (QED) is 0.579. The Bertz CT molecular complexity index is 985. The summed E-state index contributed by atoms with van der Waals surface area (Å²) >= 11 is 0. The fourth-order valence-electron chi connectivity index (χ4n) is 3.84. The van der Waals surface area contributed by atoms with E-state index in [9.17, 15) is 4.79 Å². The first-order chi connectivity index (χ1) is 12.7. The number of hydrogen-bond donors (Lipinski definition) is 1. The molecule has 0 atom stereocenters. The Labute approximate surface area is 153 Å². The Balaban J connectivity index is 1.79. The molecule has 0 aliphatic heterocycles. The molecule has 1 aromatic heterocycles. The molecule has 0 bridgehead atoms. The Hall–Kier alpha value is -2.66. The van der Waals surface area contributed by atoms with Gasteiger partial charge in [-0.1, -0.05) is 38.1 Å². The van der Waals surface area contributed by atoms with E-state index in [-0.39, 0.29) is 5.78 Å². The van der Waals surface area contributed by atoms with E-state index in [1.165, 1.54) is 0 Å². The van der Waals surface area contributed by atoms with Crippen LogP contribution in [0.4, 0.5) is 5.69 Å². The summed E-state index contributed by atoms with van der Waals surface area (Å²) in [6.07, 6.45) is 0. The van der Waals surface area contributed by atoms with Crippen molar-refractivity contribution < 1.29 is 4.79 Å². The molecular formula is C21H24N4O. The SMILES string of the molecule is CCN(CC)CCNc1ccc2c3c(nn2C)-c2ccccc2C(=O)c13. The van der Waals surface area contributed by atoms with Crippen LogP contribution in [0, 0.1) is 0 Å². The Morgan fingerprint density at radius 3 is 2.54 bits per heavy atom. The minimum absolute atomic E-state index is 0.0806. The van der Waals surface area contributed by atoms with Gasteiger partial charge >= 0.3 is 0 Å². The summed E-state index contributed by atoms with van der Waals surface area (Å²) in [6, 6.07) is 11.8. The molecular weight excluding hydrogens is 324 g/mol. The van der Waals surface area contributed by atoms with Crippen molar-refractivity contribution in [3.05, 3.63) is 47.5 Å². The lowest BCUT2D eigenvalue weighted by atomic mass is 9.86. The fourth-order valence-corrected chi connectivity index (χ4v) is 3.84. The van der Waals surface area contributed by atoms with Crippen molar-refractivity contribution in [2.75, 3.05) is 31.5 Å². The number of rotatable bonds is 6. The van der Waals surface area contributed by atoms with Gasteiger partial charge in [-0.3, -0.25) is 9.48 Å². The standard InChI is InChI=1S/C21H24N4O/c1-4-25(5-2)13-12-22-16-10-11-17-19-18(16)21(26)15-9-7-6-8-14(15)20(19)23-24(17)3/h6-11,22H,4-5,12-13H2,1-3H3. The number of carbonyl (C=O) groups is 1. The first-order valence-corrected chi connectivity index (χ1v) is 9.25. The third-order valence-corrected chi connectivity index (χ3v) is 5.31. The van der Waals surface area contributed by atoms with E-state index in [1.54, 1.807) is 0 Å². The van der Waals surface area contributed by atoms with Gasteiger partial charge in [0.15, 0.2) is 5.78 Å². The van der Waals surface area contributed by atoms with Crippen LogP contribution in [0.25, 0.3) is 22.2 Å². The van der Waals surface area contributed by atoms with Gasteiger partial charge in [-0.15, -0.1) is 0 Å². The molecule has 5 nitrogen and oxygen atoms in total. The van der Waals surface area contributed by atoms with Crippen LogP contribution < -0.4 is 5.32 Å². The maximum Gasteiger partial charge on any atom is 0.196 e. The zero-order valence-corrected chi connectivity index (χ0v) is 15.5. The van der Waals surface area contributed by atoms with Crippen LogP contribution in [0.15, 0.2) is 36.4 Å². The third-order valence-electron chi connectivity index (χ3n) is 5.31. The molecule has 0 fully saturated rings. The highest BCUT2D eigenvalue weighted by Gasteiger charge is 2.30. The van der Waals surface area contributed by atoms with Gasteiger partial charge in [-0.05, 0) is 25.2 Å². The second-order valence-electron chi connectivity index (χ2n) is 6.68. The minimum atomic E-state index is 0.0806. The Kier molecular flexibility index (Phi) is 4.24. The molecule has 1 heterocycles. The molecule has 26 heavy (non-hydrogen) atoms. The number of likely N-dealkylation sites (N-methyl/N-ethyl adjacent to an activating group) is 1. The van der Waals surface area contributed by atoms with Crippen molar-refractivity contribution >= 4 is 22.4 Å². The van der Waals surface area contributed by atoms with E-state index in [1.807, 2.05) is 42.1 Å². The van der Waals surface area contributed by atoms with Crippen molar-refractivity contribution in [3.8, 4) is 11.3 Å². The van der Waals surface area contributed by atoms with Crippen LogP contribution >= 0.6 is 0 Å². The summed E-state index contributed by atoms with van der Waals surface area (Å²) in [5.74, 6) is 0.0806. The lowest BCUT2D eigenvalue weighted by Gasteiger charge is -2.21. The molecule has 4 rings (SSSR count). The van der Waals surface area contributed by atoms with Gasteiger partial charge in [0.1, 0.15) is 5.69 Å². The van der Waals surface area contributed by atoms with E-state index in [0.717, 1.165) is 65.2 Å². The predicted molar refractivity (Wildman–Crippen MR) is 106 cm³/mol. The largest absolute Gasteiger partial charge is 0.383 e. The summed E-state index contributed by atoms with van der Waals surface area (Å²) in [5, 5.41) is 9.15. The molecule has 3 aromatic rings. The number of aromatic nitrogens is 2. The van der Waals surface area contributed by atoms with Gasteiger partial charge in [-0.25, -0.2) is 0 Å². The van der Waals surface area contributed by atoms with Crippen molar-refractivity contribution in [3.63, 3.8) is 0 Å². The van der Waals surface area contributed by atoms with E-state index in [0.29, 0.717) is 0 Å². The summed E-state index contributed by atoms with van der Waals surface area (Å²) in [7, 11) is 1.93. The summed E-state index contributed by atoms with van der Waals surface area (Å²) < 4.78 is 1.86. The van der Waals surface area contributed by atoms with Gasteiger partial charge in [0, 0.05) is 42.3 Å². The number of nitrogens with zero attached hydrogens (tertiary/aromatic N) is 3. The van der Waals surface area contributed by atoms with Gasteiger partial charge in [-0.2, -0.15) is 5.10 Å². The fraction of sp³-hybridized carbons (Fsp3) is 0.333. The lowest BCUT2D eigenvalue weighted by Crippen LogP contribution is -2.29. The molecule has 0 amide bonds. The highest BCUT2D eigenvalue weighted by atomic mass is 16.1. The number of nitrogens with one attached hydrogen (secondary N) is 1. The van der Waals surface area contributed by atoms with Gasteiger partial charge in [0.2, 0.25) is 0 Å². The van der Waals surface area contributed by atoms with Crippen molar-refractivity contribution in [2.45, 2.75) is 13.8 Å². The number of anilines is 1. The number of benzene rings is 2. The normalized spacial score (nSPS) is 12.7. The zero-order valence-electron chi connectivity index (χ0n) is 15.5. The highest BCUT2D eigenvalue weighted by Crippen LogP contribution is 2.41. The maximum absolute atomic E-state index is 13.2. The first-order valence-electron chi connectivity index (χ1n) is 9.25. The van der Waals surface area contributed by atoms with Gasteiger partial charge < -0.3 is 10.2 Å². The Morgan fingerprint density at radius 1 is 1.08 bits per heavy atom. The van der Waals surface area contributed by atoms with E-state index >= 15 is 0 Å². The summed E-state index contributed by atoms with van der Waals surface area (Å²) in [5.41, 5.74) is 5.21. The molecule has 0 saturated carbocycles. The number of fused-ring (bicyclic) bond motifs is 2.